The molecule has 0 spiro atoms. The van der Waals surface area contributed by atoms with Gasteiger partial charge in [-0.1, -0.05) is 29.7 Å². The van der Waals surface area contributed by atoms with Crippen LogP contribution in [0.4, 0.5) is 15.3 Å². The zero-order chi connectivity index (χ0) is 36.8. The number of urea groups is 1. The van der Waals surface area contributed by atoms with E-state index in [0.29, 0.717) is 74.0 Å². The van der Waals surface area contributed by atoms with Crippen molar-refractivity contribution in [2.45, 2.75) is 63.5 Å². The van der Waals surface area contributed by atoms with Gasteiger partial charge < -0.3 is 29.9 Å². The van der Waals surface area contributed by atoms with Crippen LogP contribution < -0.4 is 16.3 Å². The highest BCUT2D eigenvalue weighted by atomic mass is 79.9. The molecule has 5 amide bonds. The van der Waals surface area contributed by atoms with Crippen LogP contribution in [0.15, 0.2) is 40.9 Å². The second-order valence-corrected chi connectivity index (χ2v) is 15.2. The van der Waals surface area contributed by atoms with Crippen LogP contribution in [-0.2, 0) is 32.0 Å². The second-order valence-electron chi connectivity index (χ2n) is 14.3. The number of halogens is 1. The molecule has 0 aliphatic carbocycles. The van der Waals surface area contributed by atoms with Crippen LogP contribution in [0.25, 0.3) is 0 Å². The maximum absolute atomic E-state index is 14.1. The number of nitrogens with zero attached hydrogens (tertiary/aromatic N) is 4. The molecule has 4 aliphatic heterocycles. The molecule has 2 radical (unpaired) electrons. The number of piperidine rings is 3. The fraction of sp³-hybridized carbons (Fsp3) is 0.568. The number of rotatable bonds is 9. The minimum absolute atomic E-state index is 0.0168. The number of hydroxylamine groups is 1. The molecular formula is C37H48BBrN6O7. The number of hydrogen-bond acceptors (Lipinski definition) is 8. The Bertz CT molecular complexity index is 1590. The van der Waals surface area contributed by atoms with Gasteiger partial charge in [0.1, 0.15) is 13.6 Å². The topological polar surface area (TPSA) is 144 Å². The number of carbonyl (C=O) groups is 4. The fourth-order valence-electron chi connectivity index (χ4n) is 8.21. The van der Waals surface area contributed by atoms with Gasteiger partial charge in [0.2, 0.25) is 0 Å². The molecule has 4 heterocycles. The van der Waals surface area contributed by atoms with E-state index in [1.165, 1.54) is 7.11 Å². The van der Waals surface area contributed by atoms with Gasteiger partial charge in [0, 0.05) is 50.9 Å². The molecule has 0 unspecified atom stereocenters. The Morgan fingerprint density at radius 3 is 2.29 bits per heavy atom. The lowest BCUT2D eigenvalue weighted by Crippen LogP contribution is -2.52. The van der Waals surface area contributed by atoms with Gasteiger partial charge in [0.25, 0.3) is 11.8 Å². The molecule has 52 heavy (non-hydrogen) atoms. The first-order chi connectivity index (χ1) is 25.1. The normalized spacial score (nSPS) is 20.1. The van der Waals surface area contributed by atoms with Crippen molar-refractivity contribution in [2.24, 2.45) is 11.8 Å². The van der Waals surface area contributed by atoms with Gasteiger partial charge in [-0.15, -0.1) is 0 Å². The molecule has 1 atom stereocenters. The van der Waals surface area contributed by atoms with Crippen molar-refractivity contribution in [1.82, 2.24) is 25.1 Å². The number of nitrogens with one attached hydrogen (secondary N) is 2. The van der Waals surface area contributed by atoms with Crippen LogP contribution in [0.3, 0.4) is 0 Å². The zero-order valence-electron chi connectivity index (χ0n) is 29.7. The van der Waals surface area contributed by atoms with Crippen LogP contribution in [0, 0.1) is 11.8 Å². The van der Waals surface area contributed by atoms with Crippen molar-refractivity contribution in [1.29, 1.82) is 0 Å². The Balaban J connectivity index is 1.05. The van der Waals surface area contributed by atoms with E-state index in [1.807, 2.05) is 29.2 Å². The van der Waals surface area contributed by atoms with Crippen molar-refractivity contribution in [3.63, 3.8) is 0 Å². The van der Waals surface area contributed by atoms with Gasteiger partial charge in [-0.2, -0.15) is 0 Å². The Hall–Kier alpha value is -3.82. The Morgan fingerprint density at radius 2 is 1.62 bits per heavy atom. The second kappa shape index (κ2) is 17.3. The lowest BCUT2D eigenvalue weighted by molar-refractivity contribution is -0.142. The lowest BCUT2D eigenvalue weighted by atomic mass is 9.78. The number of phenolic OH excluding ortho intramolecular Hbond substituents is 1. The summed E-state index contributed by atoms with van der Waals surface area (Å²) >= 11 is 3.33. The van der Waals surface area contributed by atoms with E-state index < -0.39 is 12.2 Å². The molecule has 4 aliphatic rings. The van der Waals surface area contributed by atoms with E-state index in [1.54, 1.807) is 21.9 Å². The number of hydrogen-bond donors (Lipinski definition) is 3. The molecule has 2 aromatic carbocycles. The van der Waals surface area contributed by atoms with Crippen molar-refractivity contribution in [3.8, 4) is 5.75 Å². The van der Waals surface area contributed by atoms with Crippen LogP contribution in [0.5, 0.6) is 5.75 Å². The average Bonchev–Trinajstić information content (AvgIpc) is 3.31. The minimum Gasteiger partial charge on any atom is -0.507 e. The van der Waals surface area contributed by atoms with Crippen LogP contribution >= 0.6 is 15.9 Å². The fourth-order valence-corrected chi connectivity index (χ4v) is 8.73. The summed E-state index contributed by atoms with van der Waals surface area (Å²) in [7, 11) is 7.46. The van der Waals surface area contributed by atoms with Crippen molar-refractivity contribution < 1.29 is 33.9 Å². The first-order valence-electron chi connectivity index (χ1n) is 18.3. The quantitative estimate of drug-likeness (QED) is 0.261. The number of fused-ring (bicyclic) bond motifs is 1. The Kier molecular flexibility index (Phi) is 12.6. The third-order valence-corrected chi connectivity index (χ3v) is 11.7. The van der Waals surface area contributed by atoms with Gasteiger partial charge in [-0.05, 0) is 109 Å². The van der Waals surface area contributed by atoms with Crippen molar-refractivity contribution >= 4 is 58.9 Å². The molecule has 6 rings (SSSR count). The molecular weight excluding hydrogens is 731 g/mol. The zero-order valence-corrected chi connectivity index (χ0v) is 31.3. The standard InChI is InChI=1S/C37H48BBrN6O7/c1-51-41-33(46)23-42-13-6-25(7-14-42)26-8-15-43(16-9-26)35(48)32(22-24-20-29(38)34(47)30(39)21-24)52-37(50)44-17-11-28(12-18-44)45-19-10-27-4-2-3-5-31(27)40-36(45)49/h2-5,20-21,25-26,28,32,47H,6-19,22-23H2,1H3,(H,40,49)(H,41,46)/t32-/m1/s1. The van der Waals surface area contributed by atoms with Gasteiger partial charge in [-0.25, -0.2) is 15.1 Å². The molecule has 2 aromatic rings. The molecule has 15 heteroatoms. The van der Waals surface area contributed by atoms with Crippen molar-refractivity contribution in [2.75, 3.05) is 64.8 Å². The van der Waals surface area contributed by atoms with E-state index in [0.717, 1.165) is 56.4 Å². The van der Waals surface area contributed by atoms with Crippen LogP contribution in [0.1, 0.15) is 49.7 Å². The molecule has 3 N–H and O–H groups in total. The highest BCUT2D eigenvalue weighted by Gasteiger charge is 2.37. The average molecular weight is 780 g/mol. The van der Waals surface area contributed by atoms with Crippen LogP contribution in [0.2, 0.25) is 0 Å². The number of amides is 5. The smallest absolute Gasteiger partial charge is 0.410 e. The van der Waals surface area contributed by atoms with Gasteiger partial charge in [-0.3, -0.25) is 19.3 Å². The number of carbonyl (C=O) groups excluding carboxylic acids is 4. The lowest BCUT2D eigenvalue weighted by Gasteiger charge is -2.41. The van der Waals surface area contributed by atoms with E-state index in [9.17, 15) is 24.3 Å². The molecule has 0 aromatic heterocycles. The summed E-state index contributed by atoms with van der Waals surface area (Å²) < 4.78 is 6.42. The molecule has 0 saturated carbocycles. The number of phenols is 1. The minimum atomic E-state index is -1.08. The monoisotopic (exact) mass is 778 g/mol. The molecule has 0 bridgehead atoms. The molecule has 3 saturated heterocycles. The predicted octanol–water partition coefficient (Wildman–Crippen LogP) is 3.18. The van der Waals surface area contributed by atoms with E-state index in [2.05, 4.69) is 31.6 Å². The first kappa shape index (κ1) is 37.9. The van der Waals surface area contributed by atoms with E-state index in [-0.39, 0.29) is 41.5 Å². The summed E-state index contributed by atoms with van der Waals surface area (Å²) in [5, 5.41) is 13.2. The Labute approximate surface area is 314 Å². The molecule has 3 fully saturated rings. The first-order valence-corrected chi connectivity index (χ1v) is 19.1. The maximum Gasteiger partial charge on any atom is 0.410 e. The number of likely N-dealkylation sites (tertiary alicyclic amines) is 3. The number of benzene rings is 2. The summed E-state index contributed by atoms with van der Waals surface area (Å²) in [6.07, 6.45) is 4.16. The molecule has 13 nitrogen and oxygen atoms in total. The van der Waals surface area contributed by atoms with Gasteiger partial charge >= 0.3 is 12.1 Å². The number of aromatic hydroxyl groups is 1. The van der Waals surface area contributed by atoms with E-state index in [4.69, 9.17) is 17.4 Å². The largest absolute Gasteiger partial charge is 0.507 e. The predicted molar refractivity (Wildman–Crippen MR) is 199 cm³/mol. The summed E-state index contributed by atoms with van der Waals surface area (Å²) in [5.41, 5.74) is 5.14. The number of para-hydroxylation sites is 1. The number of anilines is 1. The highest BCUT2D eigenvalue weighted by molar-refractivity contribution is 9.10. The summed E-state index contributed by atoms with van der Waals surface area (Å²) in [6, 6.07) is 11.0. The van der Waals surface area contributed by atoms with Crippen molar-refractivity contribution in [3.05, 3.63) is 52.0 Å². The SMILES string of the molecule is [B]c1cc(C[C@@H](OC(=O)N2CCC(N3CCc4ccccc4NC3=O)CC2)C(=O)N2CCC(C3CCN(CC(=O)NOC)CC3)CC2)cc(Br)c1O. The van der Waals surface area contributed by atoms with Gasteiger partial charge in [0.05, 0.1) is 18.1 Å². The van der Waals surface area contributed by atoms with E-state index >= 15 is 0 Å². The summed E-state index contributed by atoms with van der Waals surface area (Å²) in [5.74, 6) is 0.533. The third kappa shape index (κ3) is 9.21. The maximum atomic E-state index is 14.1. The molecule has 278 valence electrons. The highest BCUT2D eigenvalue weighted by Crippen LogP contribution is 2.33. The summed E-state index contributed by atoms with van der Waals surface area (Å²) in [4.78, 5) is 64.9. The summed E-state index contributed by atoms with van der Waals surface area (Å²) in [6.45, 7) is 4.57. The van der Waals surface area contributed by atoms with Crippen LogP contribution in [-0.4, -0.2) is 128 Å². The Morgan fingerprint density at radius 1 is 0.962 bits per heavy atom. The third-order valence-electron chi connectivity index (χ3n) is 11.1. The van der Waals surface area contributed by atoms with Gasteiger partial charge in [0.15, 0.2) is 6.10 Å². The number of ether oxygens (including phenoxy) is 1.